The van der Waals surface area contributed by atoms with E-state index in [-0.39, 0.29) is 24.7 Å². The van der Waals surface area contributed by atoms with Crippen molar-refractivity contribution in [3.63, 3.8) is 0 Å². The predicted molar refractivity (Wildman–Crippen MR) is 120 cm³/mol. The zero-order valence-corrected chi connectivity index (χ0v) is 17.9. The summed E-state index contributed by atoms with van der Waals surface area (Å²) in [5.74, 6) is -0.272. The topological polar surface area (TPSA) is 99.0 Å². The number of nitrogens with one attached hydrogen (secondary N) is 1. The van der Waals surface area contributed by atoms with Gasteiger partial charge in [0.15, 0.2) is 11.6 Å². The average molecular weight is 449 g/mol. The van der Waals surface area contributed by atoms with E-state index in [1.54, 1.807) is 42.6 Å². The molecule has 4 rings (SSSR count). The Kier molecular flexibility index (Phi) is 6.27. The van der Waals surface area contributed by atoms with Crippen LogP contribution in [0.1, 0.15) is 20.9 Å². The molecule has 1 N–H and O–H groups in total. The van der Waals surface area contributed by atoms with Gasteiger partial charge in [-0.05, 0) is 43.3 Å². The lowest BCUT2D eigenvalue weighted by Gasteiger charge is -2.08. The van der Waals surface area contributed by atoms with Gasteiger partial charge in [-0.3, -0.25) is 14.0 Å². The first-order chi connectivity index (χ1) is 15.5. The number of esters is 1. The lowest BCUT2D eigenvalue weighted by molar-refractivity contribution is -0.118. The van der Waals surface area contributed by atoms with Gasteiger partial charge >= 0.3 is 5.97 Å². The van der Waals surface area contributed by atoms with Crippen molar-refractivity contribution in [2.24, 2.45) is 0 Å². The number of thiazole rings is 1. The highest BCUT2D eigenvalue weighted by atomic mass is 32.1. The van der Waals surface area contributed by atoms with Crippen LogP contribution in [0.4, 0.5) is 5.69 Å². The van der Waals surface area contributed by atoms with E-state index in [0.717, 1.165) is 4.88 Å². The molecule has 32 heavy (non-hydrogen) atoms. The number of para-hydroxylation sites is 1. The lowest BCUT2D eigenvalue weighted by Crippen LogP contribution is -2.20. The molecule has 9 heteroatoms. The van der Waals surface area contributed by atoms with Gasteiger partial charge in [-0.15, -0.1) is 11.3 Å². The lowest BCUT2D eigenvalue weighted by atomic mass is 10.2. The molecule has 0 spiro atoms. The zero-order chi connectivity index (χ0) is 22.5. The van der Waals surface area contributed by atoms with Crippen molar-refractivity contribution in [1.29, 1.82) is 0 Å². The third-order valence-corrected chi connectivity index (χ3v) is 5.30. The number of amides is 1. The summed E-state index contributed by atoms with van der Waals surface area (Å²) in [6.45, 7) is 1.65. The SMILES string of the molecule is Cc1cn2c(=O)cc(COC(=O)c3ccc(NC(=O)COc4ccccc4)cc3)nc2s1. The van der Waals surface area contributed by atoms with Gasteiger partial charge in [0.05, 0.1) is 11.3 Å². The maximum atomic E-state index is 12.3. The molecule has 0 bridgehead atoms. The maximum absolute atomic E-state index is 12.3. The standard InChI is InChI=1S/C23H19N3O5S/c1-15-12-26-21(28)11-18(25-23(26)32-15)13-31-22(29)16-7-9-17(10-8-16)24-20(27)14-30-19-5-3-2-4-6-19/h2-12H,13-14H2,1H3,(H,24,27). The second-order valence-electron chi connectivity index (χ2n) is 6.88. The van der Waals surface area contributed by atoms with E-state index in [4.69, 9.17) is 9.47 Å². The Labute approximate surface area is 187 Å². The van der Waals surface area contributed by atoms with Crippen molar-refractivity contribution in [3.05, 3.63) is 93.3 Å². The molecule has 2 aromatic heterocycles. The molecule has 0 fully saturated rings. The van der Waals surface area contributed by atoms with Crippen molar-refractivity contribution in [3.8, 4) is 5.75 Å². The first-order valence-electron chi connectivity index (χ1n) is 9.71. The fraction of sp³-hybridized carbons (Fsp3) is 0.130. The van der Waals surface area contributed by atoms with E-state index < -0.39 is 5.97 Å². The molecule has 0 radical (unpaired) electrons. The number of rotatable bonds is 7. The molecule has 4 aromatic rings. The first kappa shape index (κ1) is 21.3. The number of ether oxygens (including phenoxy) is 2. The molecule has 162 valence electrons. The molecule has 8 nitrogen and oxygen atoms in total. The highest BCUT2D eigenvalue weighted by molar-refractivity contribution is 7.16. The minimum atomic E-state index is -0.556. The summed E-state index contributed by atoms with van der Waals surface area (Å²) >= 11 is 1.39. The number of anilines is 1. The number of benzene rings is 2. The molecule has 0 aliphatic rings. The molecule has 0 unspecified atom stereocenters. The average Bonchev–Trinajstić information content (AvgIpc) is 3.18. The van der Waals surface area contributed by atoms with Gasteiger partial charge in [0.1, 0.15) is 12.4 Å². The molecule has 1 amide bonds. The van der Waals surface area contributed by atoms with E-state index in [9.17, 15) is 14.4 Å². The number of carbonyl (C=O) groups excluding carboxylic acids is 2. The van der Waals surface area contributed by atoms with Crippen LogP contribution in [-0.2, 0) is 16.1 Å². The van der Waals surface area contributed by atoms with Crippen LogP contribution in [0.5, 0.6) is 5.75 Å². The van der Waals surface area contributed by atoms with Crippen LogP contribution in [0.3, 0.4) is 0 Å². The van der Waals surface area contributed by atoms with Gasteiger partial charge < -0.3 is 14.8 Å². The molecule has 0 aliphatic heterocycles. The van der Waals surface area contributed by atoms with Gasteiger partial charge in [-0.1, -0.05) is 18.2 Å². The summed E-state index contributed by atoms with van der Waals surface area (Å²) < 4.78 is 12.1. The van der Waals surface area contributed by atoms with E-state index >= 15 is 0 Å². The van der Waals surface area contributed by atoms with Gasteiger partial charge in [0, 0.05) is 22.8 Å². The Balaban J connectivity index is 1.31. The van der Waals surface area contributed by atoms with Gasteiger partial charge in [-0.25, -0.2) is 9.78 Å². The van der Waals surface area contributed by atoms with E-state index in [1.807, 2.05) is 25.1 Å². The quantitative estimate of drug-likeness (QED) is 0.434. The number of nitrogens with zero attached hydrogens (tertiary/aromatic N) is 2. The minimum Gasteiger partial charge on any atom is -0.484 e. The summed E-state index contributed by atoms with van der Waals surface area (Å²) in [5, 5.41) is 2.70. The second-order valence-corrected chi connectivity index (χ2v) is 8.10. The molecule has 0 saturated heterocycles. The molecule has 0 aliphatic carbocycles. The van der Waals surface area contributed by atoms with E-state index in [2.05, 4.69) is 10.3 Å². The zero-order valence-electron chi connectivity index (χ0n) is 17.1. The monoisotopic (exact) mass is 449 g/mol. The van der Waals surface area contributed by atoms with Crippen LogP contribution in [-0.4, -0.2) is 27.9 Å². The Morgan fingerprint density at radius 1 is 1.09 bits per heavy atom. The highest BCUT2D eigenvalue weighted by Gasteiger charge is 2.11. The summed E-state index contributed by atoms with van der Waals surface area (Å²) in [4.78, 5) is 42.3. The van der Waals surface area contributed by atoms with Crippen molar-refractivity contribution >= 4 is 33.9 Å². The van der Waals surface area contributed by atoms with Crippen LogP contribution in [0.25, 0.3) is 4.96 Å². The molecular formula is C23H19N3O5S. The van der Waals surface area contributed by atoms with Crippen LogP contribution < -0.4 is 15.6 Å². The van der Waals surface area contributed by atoms with Gasteiger partial charge in [0.25, 0.3) is 11.5 Å². The smallest absolute Gasteiger partial charge is 0.338 e. The Morgan fingerprint density at radius 3 is 2.59 bits per heavy atom. The number of aromatic nitrogens is 2. The third kappa shape index (κ3) is 5.19. The number of hydrogen-bond donors (Lipinski definition) is 1. The van der Waals surface area contributed by atoms with Crippen molar-refractivity contribution in [1.82, 2.24) is 9.38 Å². The maximum Gasteiger partial charge on any atom is 0.338 e. The second kappa shape index (κ2) is 9.44. The fourth-order valence-electron chi connectivity index (χ4n) is 2.91. The van der Waals surface area contributed by atoms with E-state index in [0.29, 0.717) is 27.7 Å². The first-order valence-corrected chi connectivity index (χ1v) is 10.5. The molecule has 0 saturated carbocycles. The molecule has 2 aromatic carbocycles. The summed E-state index contributed by atoms with van der Waals surface area (Å²) in [5.41, 5.74) is 0.999. The highest BCUT2D eigenvalue weighted by Crippen LogP contribution is 2.15. The van der Waals surface area contributed by atoms with Gasteiger partial charge in [-0.2, -0.15) is 0 Å². The number of hydrogen-bond acceptors (Lipinski definition) is 7. The Bertz CT molecular complexity index is 1310. The van der Waals surface area contributed by atoms with Crippen LogP contribution in [0.2, 0.25) is 0 Å². The van der Waals surface area contributed by atoms with Crippen LogP contribution >= 0.6 is 11.3 Å². The number of carbonyl (C=O) groups is 2. The molecular weight excluding hydrogens is 430 g/mol. The normalized spacial score (nSPS) is 10.7. The number of fused-ring (bicyclic) bond motifs is 1. The van der Waals surface area contributed by atoms with Crippen molar-refractivity contribution in [2.75, 3.05) is 11.9 Å². The van der Waals surface area contributed by atoms with Gasteiger partial charge in [0.2, 0.25) is 0 Å². The Morgan fingerprint density at radius 2 is 1.84 bits per heavy atom. The minimum absolute atomic E-state index is 0.114. The third-order valence-electron chi connectivity index (χ3n) is 4.40. The fourth-order valence-corrected chi connectivity index (χ4v) is 3.76. The van der Waals surface area contributed by atoms with Crippen LogP contribution in [0, 0.1) is 6.92 Å². The molecule has 0 atom stereocenters. The predicted octanol–water partition coefficient (Wildman–Crippen LogP) is 3.44. The van der Waals surface area contributed by atoms with Crippen molar-refractivity contribution < 1.29 is 19.1 Å². The number of aryl methyl sites for hydroxylation is 1. The van der Waals surface area contributed by atoms with E-state index in [1.165, 1.54) is 21.8 Å². The van der Waals surface area contributed by atoms with Crippen molar-refractivity contribution in [2.45, 2.75) is 13.5 Å². The molecule has 2 heterocycles. The van der Waals surface area contributed by atoms with Crippen LogP contribution in [0.15, 0.2) is 71.7 Å². The Hall–Kier alpha value is -3.98. The largest absolute Gasteiger partial charge is 0.484 e. The summed E-state index contributed by atoms with van der Waals surface area (Å²) in [6.07, 6.45) is 1.72. The summed E-state index contributed by atoms with van der Waals surface area (Å²) in [7, 11) is 0. The summed E-state index contributed by atoms with van der Waals surface area (Å²) in [6, 6.07) is 16.7.